The van der Waals surface area contributed by atoms with Crippen LogP contribution in [0.5, 0.6) is 0 Å². The molecule has 4 nitrogen and oxygen atoms in total. The lowest BCUT2D eigenvalue weighted by molar-refractivity contribution is 1.07. The first-order valence-corrected chi connectivity index (χ1v) is 4.99. The van der Waals surface area contributed by atoms with Gasteiger partial charge in [-0.3, -0.25) is 4.57 Å². The first-order valence-electron chi connectivity index (χ1n) is 4.99. The number of hydrogen-bond donors (Lipinski definition) is 1. The molecule has 0 spiro atoms. The average molecular weight is 210 g/mol. The summed E-state index contributed by atoms with van der Waals surface area (Å²) in [4.78, 5) is 8.58. The fourth-order valence-electron chi connectivity index (χ4n) is 1.73. The topological polar surface area (TPSA) is 56.7 Å². The number of aromatic nitrogens is 3. The molecule has 2 heterocycles. The number of imidazole rings is 1. The highest BCUT2D eigenvalue weighted by Gasteiger charge is 2.06. The molecular formula is C12H10N4. The molecular weight excluding hydrogens is 200 g/mol. The van der Waals surface area contributed by atoms with Crippen LogP contribution in [-0.4, -0.2) is 14.5 Å². The van der Waals surface area contributed by atoms with E-state index in [0.29, 0.717) is 5.69 Å². The molecule has 4 heteroatoms. The van der Waals surface area contributed by atoms with Crippen LogP contribution >= 0.6 is 0 Å². The highest BCUT2D eigenvalue weighted by atomic mass is 15.1. The van der Waals surface area contributed by atoms with Gasteiger partial charge < -0.3 is 5.73 Å². The number of nitrogens with zero attached hydrogens (tertiary/aromatic N) is 3. The maximum atomic E-state index is 5.93. The Bertz CT molecular complexity index is 642. The molecule has 0 atom stereocenters. The number of nitrogens with two attached hydrogens (primary N) is 1. The summed E-state index contributed by atoms with van der Waals surface area (Å²) in [6, 6.07) is 11.5. The summed E-state index contributed by atoms with van der Waals surface area (Å²) in [6.45, 7) is 0. The van der Waals surface area contributed by atoms with Crippen molar-refractivity contribution in [2.75, 3.05) is 5.73 Å². The summed E-state index contributed by atoms with van der Waals surface area (Å²) >= 11 is 0. The first-order chi connectivity index (χ1) is 7.86. The number of para-hydroxylation sites is 2. The van der Waals surface area contributed by atoms with Gasteiger partial charge in [0.25, 0.3) is 0 Å². The van der Waals surface area contributed by atoms with Crippen LogP contribution in [0.25, 0.3) is 16.9 Å². The number of rotatable bonds is 1. The fraction of sp³-hybridized carbons (Fsp3) is 0. The Morgan fingerprint density at radius 2 is 1.88 bits per heavy atom. The van der Waals surface area contributed by atoms with Gasteiger partial charge >= 0.3 is 0 Å². The zero-order valence-electron chi connectivity index (χ0n) is 8.54. The van der Waals surface area contributed by atoms with E-state index in [9.17, 15) is 0 Å². The molecule has 0 aliphatic carbocycles. The largest absolute Gasteiger partial charge is 0.397 e. The van der Waals surface area contributed by atoms with E-state index < -0.39 is 0 Å². The molecule has 3 aromatic rings. The molecule has 2 N–H and O–H groups in total. The molecule has 0 fully saturated rings. The lowest BCUT2D eigenvalue weighted by Gasteiger charge is -2.06. The van der Waals surface area contributed by atoms with Gasteiger partial charge in [0.2, 0.25) is 0 Å². The molecule has 0 radical (unpaired) electrons. The van der Waals surface area contributed by atoms with Crippen LogP contribution < -0.4 is 5.73 Å². The molecule has 78 valence electrons. The zero-order valence-corrected chi connectivity index (χ0v) is 8.54. The minimum Gasteiger partial charge on any atom is -0.397 e. The van der Waals surface area contributed by atoms with Gasteiger partial charge in [-0.25, -0.2) is 9.97 Å². The summed E-state index contributed by atoms with van der Waals surface area (Å²) in [6.07, 6.45) is 3.49. The van der Waals surface area contributed by atoms with Crippen molar-refractivity contribution in [3.8, 4) is 5.69 Å². The van der Waals surface area contributed by atoms with Crippen LogP contribution in [0.15, 0.2) is 48.9 Å². The lowest BCUT2D eigenvalue weighted by atomic mass is 10.2. The van der Waals surface area contributed by atoms with Crippen LogP contribution in [0.4, 0.5) is 5.69 Å². The van der Waals surface area contributed by atoms with Crippen LogP contribution in [0.2, 0.25) is 0 Å². The summed E-state index contributed by atoms with van der Waals surface area (Å²) in [7, 11) is 0. The Morgan fingerprint density at radius 3 is 2.75 bits per heavy atom. The van der Waals surface area contributed by atoms with Crippen molar-refractivity contribution in [2.24, 2.45) is 0 Å². The van der Waals surface area contributed by atoms with Crippen molar-refractivity contribution in [1.82, 2.24) is 14.5 Å². The smallest absolute Gasteiger partial charge is 0.164 e. The number of benzene rings is 1. The Morgan fingerprint density at radius 1 is 1.00 bits per heavy atom. The molecule has 0 saturated heterocycles. The van der Waals surface area contributed by atoms with E-state index in [4.69, 9.17) is 5.73 Å². The maximum Gasteiger partial charge on any atom is 0.164 e. The van der Waals surface area contributed by atoms with E-state index in [1.54, 1.807) is 12.5 Å². The van der Waals surface area contributed by atoms with Gasteiger partial charge in [-0.2, -0.15) is 0 Å². The molecule has 0 saturated carbocycles. The van der Waals surface area contributed by atoms with Gasteiger partial charge in [0.05, 0.1) is 11.4 Å². The molecule has 2 aromatic heterocycles. The van der Waals surface area contributed by atoms with Crippen molar-refractivity contribution in [3.63, 3.8) is 0 Å². The second-order valence-corrected chi connectivity index (χ2v) is 3.52. The van der Waals surface area contributed by atoms with E-state index in [-0.39, 0.29) is 0 Å². The number of nitrogen functional groups attached to an aromatic ring is 1. The quantitative estimate of drug-likeness (QED) is 0.625. The Hall–Kier alpha value is -2.36. The van der Waals surface area contributed by atoms with E-state index >= 15 is 0 Å². The van der Waals surface area contributed by atoms with Gasteiger partial charge in [0, 0.05) is 6.20 Å². The van der Waals surface area contributed by atoms with Crippen molar-refractivity contribution in [2.45, 2.75) is 0 Å². The highest BCUT2D eigenvalue weighted by Crippen LogP contribution is 2.20. The van der Waals surface area contributed by atoms with Crippen molar-refractivity contribution < 1.29 is 0 Å². The third-order valence-corrected chi connectivity index (χ3v) is 2.50. The van der Waals surface area contributed by atoms with Crippen molar-refractivity contribution in [1.29, 1.82) is 0 Å². The average Bonchev–Trinajstić information content (AvgIpc) is 2.74. The van der Waals surface area contributed by atoms with Gasteiger partial charge in [-0.1, -0.05) is 12.1 Å². The van der Waals surface area contributed by atoms with Crippen molar-refractivity contribution >= 4 is 16.9 Å². The first kappa shape index (κ1) is 8.91. The number of fused-ring (bicyclic) bond motifs is 1. The third kappa shape index (κ3) is 1.24. The monoisotopic (exact) mass is 210 g/mol. The second-order valence-electron chi connectivity index (χ2n) is 3.52. The molecule has 1 aromatic carbocycles. The van der Waals surface area contributed by atoms with E-state index in [0.717, 1.165) is 16.9 Å². The number of pyridine rings is 1. The Kier molecular flexibility index (Phi) is 1.86. The van der Waals surface area contributed by atoms with E-state index in [1.807, 2.05) is 41.0 Å². The Labute approximate surface area is 92.4 Å². The van der Waals surface area contributed by atoms with Gasteiger partial charge in [0.15, 0.2) is 5.65 Å². The normalized spacial score (nSPS) is 10.8. The minimum absolute atomic E-state index is 0.715. The van der Waals surface area contributed by atoms with Crippen LogP contribution in [-0.2, 0) is 0 Å². The number of hydrogen-bond acceptors (Lipinski definition) is 3. The van der Waals surface area contributed by atoms with Gasteiger partial charge in [-0.05, 0) is 24.3 Å². The molecule has 0 amide bonds. The molecule has 0 bridgehead atoms. The maximum absolute atomic E-state index is 5.93. The SMILES string of the molecule is Nc1ccccc1-n1cnc2cccnc21. The van der Waals surface area contributed by atoms with E-state index in [1.165, 1.54) is 0 Å². The Balaban J connectivity index is 2.31. The predicted molar refractivity (Wildman–Crippen MR) is 63.3 cm³/mol. The second kappa shape index (κ2) is 3.34. The van der Waals surface area contributed by atoms with Gasteiger partial charge in [0.1, 0.15) is 11.8 Å². The predicted octanol–water partition coefficient (Wildman–Crippen LogP) is 2.00. The third-order valence-electron chi connectivity index (χ3n) is 2.50. The summed E-state index contributed by atoms with van der Waals surface area (Å²) in [5, 5.41) is 0. The summed E-state index contributed by atoms with van der Waals surface area (Å²) < 4.78 is 1.89. The summed E-state index contributed by atoms with van der Waals surface area (Å²) in [5.74, 6) is 0. The molecule has 0 unspecified atom stereocenters. The van der Waals surface area contributed by atoms with Crippen LogP contribution in [0.3, 0.4) is 0 Å². The molecule has 3 rings (SSSR count). The van der Waals surface area contributed by atoms with Crippen LogP contribution in [0.1, 0.15) is 0 Å². The highest BCUT2D eigenvalue weighted by molar-refractivity contribution is 5.74. The molecule has 0 aliphatic rings. The van der Waals surface area contributed by atoms with Crippen LogP contribution in [0, 0.1) is 0 Å². The minimum atomic E-state index is 0.715. The summed E-state index contributed by atoms with van der Waals surface area (Å²) in [5.41, 5.74) is 9.23. The number of anilines is 1. The standard InChI is InChI=1S/C12H10N4/c13-9-4-1-2-6-11(9)16-8-15-10-5-3-7-14-12(10)16/h1-8H,13H2. The van der Waals surface area contributed by atoms with E-state index in [2.05, 4.69) is 9.97 Å². The zero-order chi connectivity index (χ0) is 11.0. The lowest BCUT2D eigenvalue weighted by Crippen LogP contribution is -1.98. The molecule has 16 heavy (non-hydrogen) atoms. The van der Waals surface area contributed by atoms with Gasteiger partial charge in [-0.15, -0.1) is 0 Å². The van der Waals surface area contributed by atoms with Crippen molar-refractivity contribution in [3.05, 3.63) is 48.9 Å². The molecule has 0 aliphatic heterocycles. The fourth-order valence-corrected chi connectivity index (χ4v) is 1.73.